The number of hydrogen-bond acceptors (Lipinski definition) is 2. The molecule has 21 heavy (non-hydrogen) atoms. The molecule has 0 bridgehead atoms. The van der Waals surface area contributed by atoms with Crippen LogP contribution in [0.5, 0.6) is 0 Å². The first kappa shape index (κ1) is 14.8. The average Bonchev–Trinajstić information content (AvgIpc) is 2.48. The van der Waals surface area contributed by atoms with Gasteiger partial charge < -0.3 is 10.4 Å². The van der Waals surface area contributed by atoms with Gasteiger partial charge in [0.15, 0.2) is 0 Å². The van der Waals surface area contributed by atoms with E-state index in [-0.39, 0.29) is 18.7 Å². The molecule has 4 heteroatoms. The lowest BCUT2D eigenvalue weighted by Crippen LogP contribution is -2.12. The predicted molar refractivity (Wildman–Crippen MR) is 82.0 cm³/mol. The van der Waals surface area contributed by atoms with Crippen LogP contribution in [0.15, 0.2) is 54.6 Å². The van der Waals surface area contributed by atoms with Crippen LogP contribution in [0, 0.1) is 0 Å². The molecule has 0 atom stereocenters. The highest BCUT2D eigenvalue weighted by molar-refractivity contribution is 5.95. The van der Waals surface area contributed by atoms with E-state index in [1.165, 1.54) is 0 Å². The quantitative estimate of drug-likeness (QED) is 0.852. The van der Waals surface area contributed by atoms with Gasteiger partial charge in [-0.2, -0.15) is 0 Å². The van der Waals surface area contributed by atoms with Crippen molar-refractivity contribution in [2.75, 3.05) is 5.32 Å². The first-order valence-corrected chi connectivity index (χ1v) is 6.83. The van der Waals surface area contributed by atoms with Crippen LogP contribution in [0.1, 0.15) is 19.3 Å². The summed E-state index contributed by atoms with van der Waals surface area (Å²) in [4.78, 5) is 22.3. The van der Waals surface area contributed by atoms with Crippen LogP contribution >= 0.6 is 0 Å². The highest BCUT2D eigenvalue weighted by Gasteiger charge is 2.08. The molecule has 0 fully saturated rings. The number of carboxylic acid groups (broad SMARTS) is 1. The Balaban J connectivity index is 2.07. The highest BCUT2D eigenvalue weighted by Crippen LogP contribution is 2.27. The number of carbonyl (C=O) groups is 2. The lowest BCUT2D eigenvalue weighted by Gasteiger charge is -2.11. The van der Waals surface area contributed by atoms with E-state index < -0.39 is 5.97 Å². The van der Waals surface area contributed by atoms with Crippen LogP contribution in [0.4, 0.5) is 5.69 Å². The number of amides is 1. The molecular formula is C17H17NO3. The Bertz CT molecular complexity index is 623. The van der Waals surface area contributed by atoms with E-state index in [0.717, 1.165) is 16.8 Å². The van der Waals surface area contributed by atoms with Gasteiger partial charge in [0.05, 0.1) is 0 Å². The third kappa shape index (κ3) is 4.45. The lowest BCUT2D eigenvalue weighted by atomic mass is 10.0. The molecule has 108 valence electrons. The van der Waals surface area contributed by atoms with Crippen molar-refractivity contribution < 1.29 is 14.7 Å². The van der Waals surface area contributed by atoms with Crippen LogP contribution in [-0.4, -0.2) is 17.0 Å². The van der Waals surface area contributed by atoms with Crippen molar-refractivity contribution >= 4 is 17.6 Å². The Kier molecular flexibility index (Phi) is 5.10. The predicted octanol–water partition coefficient (Wildman–Crippen LogP) is 3.55. The number of benzene rings is 2. The number of para-hydroxylation sites is 1. The Hall–Kier alpha value is -2.62. The number of hydrogen-bond donors (Lipinski definition) is 2. The number of carboxylic acids is 1. The van der Waals surface area contributed by atoms with E-state index in [1.54, 1.807) is 0 Å². The summed E-state index contributed by atoms with van der Waals surface area (Å²) >= 11 is 0. The molecule has 0 aliphatic heterocycles. The van der Waals surface area contributed by atoms with Gasteiger partial charge in [-0.3, -0.25) is 9.59 Å². The van der Waals surface area contributed by atoms with Crippen molar-refractivity contribution in [1.29, 1.82) is 0 Å². The summed E-state index contributed by atoms with van der Waals surface area (Å²) in [5.74, 6) is -1.05. The first-order valence-electron chi connectivity index (χ1n) is 6.83. The fraction of sp³-hybridized carbons (Fsp3) is 0.176. The van der Waals surface area contributed by atoms with Gasteiger partial charge in [-0.25, -0.2) is 0 Å². The van der Waals surface area contributed by atoms with Crippen LogP contribution in [0.3, 0.4) is 0 Å². The van der Waals surface area contributed by atoms with Crippen molar-refractivity contribution in [1.82, 2.24) is 0 Å². The van der Waals surface area contributed by atoms with Crippen molar-refractivity contribution in [2.24, 2.45) is 0 Å². The van der Waals surface area contributed by atoms with Crippen LogP contribution in [0.2, 0.25) is 0 Å². The zero-order chi connectivity index (χ0) is 15.1. The van der Waals surface area contributed by atoms with Crippen molar-refractivity contribution in [3.05, 3.63) is 54.6 Å². The lowest BCUT2D eigenvalue weighted by molar-refractivity contribution is -0.137. The second-order valence-electron chi connectivity index (χ2n) is 4.71. The van der Waals surface area contributed by atoms with Gasteiger partial charge >= 0.3 is 5.97 Å². The molecule has 2 N–H and O–H groups in total. The van der Waals surface area contributed by atoms with Gasteiger partial charge in [-0.15, -0.1) is 0 Å². The number of aliphatic carboxylic acids is 1. The van der Waals surface area contributed by atoms with Gasteiger partial charge in [-0.1, -0.05) is 48.5 Å². The summed E-state index contributed by atoms with van der Waals surface area (Å²) in [6, 6.07) is 17.4. The van der Waals surface area contributed by atoms with Gasteiger partial charge in [0.1, 0.15) is 0 Å². The largest absolute Gasteiger partial charge is 0.481 e. The van der Waals surface area contributed by atoms with Gasteiger partial charge in [0.2, 0.25) is 5.91 Å². The summed E-state index contributed by atoms with van der Waals surface area (Å²) < 4.78 is 0. The number of nitrogens with one attached hydrogen (secondary N) is 1. The SMILES string of the molecule is O=C(O)CCCC(=O)Nc1ccccc1-c1ccccc1. The maximum Gasteiger partial charge on any atom is 0.303 e. The third-order valence-corrected chi connectivity index (χ3v) is 3.08. The molecule has 0 spiro atoms. The third-order valence-electron chi connectivity index (χ3n) is 3.08. The average molecular weight is 283 g/mol. The maximum atomic E-state index is 11.9. The van der Waals surface area contributed by atoms with Gasteiger partial charge in [0.25, 0.3) is 0 Å². The summed E-state index contributed by atoms with van der Waals surface area (Å²) in [5, 5.41) is 11.4. The molecule has 0 heterocycles. The second kappa shape index (κ2) is 7.24. The van der Waals surface area contributed by atoms with Crippen molar-refractivity contribution in [3.8, 4) is 11.1 Å². The molecular weight excluding hydrogens is 266 g/mol. The molecule has 4 nitrogen and oxygen atoms in total. The van der Waals surface area contributed by atoms with Crippen molar-refractivity contribution in [3.63, 3.8) is 0 Å². The molecule has 1 amide bonds. The Labute approximate surface area is 123 Å². The molecule has 0 saturated heterocycles. The van der Waals surface area contributed by atoms with E-state index in [0.29, 0.717) is 6.42 Å². The van der Waals surface area contributed by atoms with Crippen LogP contribution < -0.4 is 5.32 Å². The van der Waals surface area contributed by atoms with Crippen LogP contribution in [0.25, 0.3) is 11.1 Å². The summed E-state index contributed by atoms with van der Waals surface area (Å²) in [5.41, 5.74) is 2.72. The topological polar surface area (TPSA) is 66.4 Å². The second-order valence-corrected chi connectivity index (χ2v) is 4.71. The Morgan fingerprint density at radius 1 is 0.905 bits per heavy atom. The maximum absolute atomic E-state index is 11.9. The summed E-state index contributed by atoms with van der Waals surface area (Å²) in [6.45, 7) is 0. The van der Waals surface area contributed by atoms with E-state index in [1.807, 2.05) is 54.6 Å². The minimum Gasteiger partial charge on any atom is -0.481 e. The van der Waals surface area contributed by atoms with E-state index in [9.17, 15) is 9.59 Å². The first-order chi connectivity index (χ1) is 10.2. The zero-order valence-electron chi connectivity index (χ0n) is 11.6. The minimum absolute atomic E-state index is 0.00769. The standard InChI is InChI=1S/C17H17NO3/c19-16(11-6-12-17(20)21)18-15-10-5-4-9-14(15)13-7-2-1-3-8-13/h1-5,7-10H,6,11-12H2,(H,18,19)(H,20,21). The molecule has 2 aromatic carbocycles. The fourth-order valence-electron chi connectivity index (χ4n) is 2.07. The number of carbonyl (C=O) groups excluding carboxylic acids is 1. The van der Waals surface area contributed by atoms with E-state index in [2.05, 4.69) is 5.32 Å². The number of anilines is 1. The molecule has 0 saturated carbocycles. The summed E-state index contributed by atoms with van der Waals surface area (Å²) in [6.07, 6.45) is 0.553. The normalized spacial score (nSPS) is 10.1. The molecule has 0 aromatic heterocycles. The monoisotopic (exact) mass is 283 g/mol. The molecule has 2 aromatic rings. The smallest absolute Gasteiger partial charge is 0.303 e. The molecule has 0 unspecified atom stereocenters. The molecule has 0 aliphatic rings. The molecule has 0 radical (unpaired) electrons. The Morgan fingerprint density at radius 2 is 1.57 bits per heavy atom. The molecule has 0 aliphatic carbocycles. The molecule has 2 rings (SSSR count). The minimum atomic E-state index is -0.882. The van der Waals surface area contributed by atoms with E-state index in [4.69, 9.17) is 5.11 Å². The van der Waals surface area contributed by atoms with E-state index >= 15 is 0 Å². The Morgan fingerprint density at radius 3 is 2.29 bits per heavy atom. The van der Waals surface area contributed by atoms with Gasteiger partial charge in [-0.05, 0) is 18.1 Å². The van der Waals surface area contributed by atoms with Gasteiger partial charge in [0, 0.05) is 24.1 Å². The summed E-state index contributed by atoms with van der Waals surface area (Å²) in [7, 11) is 0. The zero-order valence-corrected chi connectivity index (χ0v) is 11.6. The number of rotatable bonds is 6. The fourth-order valence-corrected chi connectivity index (χ4v) is 2.07. The van der Waals surface area contributed by atoms with Crippen LogP contribution in [-0.2, 0) is 9.59 Å². The highest BCUT2D eigenvalue weighted by atomic mass is 16.4. The van der Waals surface area contributed by atoms with Crippen molar-refractivity contribution in [2.45, 2.75) is 19.3 Å².